The van der Waals surface area contributed by atoms with Crippen LogP contribution in [0.3, 0.4) is 0 Å². The maximum absolute atomic E-state index is 11.8. The van der Waals surface area contributed by atoms with Gasteiger partial charge < -0.3 is 10.1 Å². The number of methoxy groups -OCH3 is 1. The fourth-order valence-corrected chi connectivity index (χ4v) is 2.51. The van der Waals surface area contributed by atoms with E-state index >= 15 is 0 Å². The molecule has 0 bridgehead atoms. The van der Waals surface area contributed by atoms with Crippen molar-refractivity contribution in [1.29, 1.82) is 0 Å². The second-order valence-corrected chi connectivity index (χ2v) is 6.26. The lowest BCUT2D eigenvalue weighted by molar-refractivity contribution is 0.204. The van der Waals surface area contributed by atoms with Gasteiger partial charge in [-0.3, -0.25) is 0 Å². The van der Waals surface area contributed by atoms with Crippen LogP contribution in [0.15, 0.2) is 23.4 Å². The van der Waals surface area contributed by atoms with E-state index in [-0.39, 0.29) is 11.6 Å². The minimum Gasteiger partial charge on any atom is -0.383 e. The lowest BCUT2D eigenvalue weighted by atomic mass is 10.3. The van der Waals surface area contributed by atoms with Crippen molar-refractivity contribution in [1.82, 2.24) is 15.0 Å². The second-order valence-electron chi connectivity index (χ2n) is 4.55. The third kappa shape index (κ3) is 4.54. The minimum absolute atomic E-state index is 0.0405. The van der Waals surface area contributed by atoms with Crippen LogP contribution in [0.4, 0.5) is 0 Å². The van der Waals surface area contributed by atoms with Crippen molar-refractivity contribution < 1.29 is 13.2 Å². The van der Waals surface area contributed by atoms with Gasteiger partial charge in [0.15, 0.2) is 5.03 Å². The Balaban J connectivity index is 1.91. The predicted molar refractivity (Wildman–Crippen MR) is 71.2 cm³/mol. The third-order valence-corrected chi connectivity index (χ3v) is 4.22. The molecule has 1 aromatic heterocycles. The predicted octanol–water partition coefficient (Wildman–Crippen LogP) is 0.258. The van der Waals surface area contributed by atoms with Crippen LogP contribution >= 0.6 is 0 Å². The topological polar surface area (TPSA) is 80.3 Å². The van der Waals surface area contributed by atoms with Crippen molar-refractivity contribution in [3.05, 3.63) is 23.9 Å². The third-order valence-electron chi connectivity index (χ3n) is 2.84. The van der Waals surface area contributed by atoms with Crippen LogP contribution in [-0.4, -0.2) is 39.7 Å². The molecule has 0 aromatic carbocycles. The number of pyridine rings is 1. The van der Waals surface area contributed by atoms with Gasteiger partial charge in [-0.05, 0) is 24.5 Å². The Morgan fingerprint density at radius 1 is 1.42 bits per heavy atom. The van der Waals surface area contributed by atoms with Crippen molar-refractivity contribution in [2.24, 2.45) is 0 Å². The zero-order valence-electron chi connectivity index (χ0n) is 10.9. The van der Waals surface area contributed by atoms with Crippen molar-refractivity contribution >= 4 is 10.0 Å². The summed E-state index contributed by atoms with van der Waals surface area (Å²) in [5.41, 5.74) is 0.989. The van der Waals surface area contributed by atoms with Gasteiger partial charge in [0.1, 0.15) is 0 Å². The van der Waals surface area contributed by atoms with E-state index in [1.807, 2.05) is 0 Å². The van der Waals surface area contributed by atoms with E-state index in [0.717, 1.165) is 12.1 Å². The molecule has 0 radical (unpaired) electrons. The van der Waals surface area contributed by atoms with Crippen LogP contribution in [0.1, 0.15) is 18.4 Å². The Hall–Kier alpha value is -1.02. The number of hydrogen-bond donors (Lipinski definition) is 2. The molecule has 1 fully saturated rings. The van der Waals surface area contributed by atoms with Gasteiger partial charge in [-0.25, -0.2) is 18.1 Å². The summed E-state index contributed by atoms with van der Waals surface area (Å²) in [7, 11) is -2.01. The van der Waals surface area contributed by atoms with Gasteiger partial charge in [0, 0.05) is 32.4 Å². The van der Waals surface area contributed by atoms with Crippen molar-refractivity contribution in [2.75, 3.05) is 20.3 Å². The number of nitrogens with one attached hydrogen (secondary N) is 2. The molecule has 1 heterocycles. The molecule has 0 unspecified atom stereocenters. The highest BCUT2D eigenvalue weighted by Gasteiger charge is 2.20. The van der Waals surface area contributed by atoms with Gasteiger partial charge in [-0.1, -0.05) is 6.07 Å². The normalized spacial score (nSPS) is 15.6. The highest BCUT2D eigenvalue weighted by Crippen LogP contribution is 2.19. The summed E-state index contributed by atoms with van der Waals surface area (Å²) in [6.45, 7) is 1.31. The van der Waals surface area contributed by atoms with Gasteiger partial charge in [0.25, 0.3) is 10.0 Å². The van der Waals surface area contributed by atoms with Crippen LogP contribution in [-0.2, 0) is 21.3 Å². The average Bonchev–Trinajstić information content (AvgIpc) is 3.21. The van der Waals surface area contributed by atoms with Crippen LogP contribution in [0.5, 0.6) is 0 Å². The number of nitrogens with zero attached hydrogens (tertiary/aromatic N) is 1. The molecule has 0 aliphatic heterocycles. The molecule has 1 saturated carbocycles. The van der Waals surface area contributed by atoms with E-state index in [4.69, 9.17) is 4.74 Å². The number of hydrogen-bond acceptors (Lipinski definition) is 5. The highest BCUT2D eigenvalue weighted by molar-refractivity contribution is 7.89. The number of sulfonamides is 1. The SMILES string of the molecule is COCCNS(=O)(=O)c1ccc(CNC2CC2)cn1. The van der Waals surface area contributed by atoms with E-state index in [0.29, 0.717) is 12.6 Å². The summed E-state index contributed by atoms with van der Waals surface area (Å²) in [5, 5.41) is 3.39. The maximum atomic E-state index is 11.8. The average molecular weight is 285 g/mol. The summed E-state index contributed by atoms with van der Waals surface area (Å²) < 4.78 is 30.9. The lowest BCUT2D eigenvalue weighted by Crippen LogP contribution is -2.28. The lowest BCUT2D eigenvalue weighted by Gasteiger charge is -2.07. The molecule has 2 rings (SSSR count). The first-order valence-corrected chi connectivity index (χ1v) is 7.77. The fraction of sp³-hybridized carbons (Fsp3) is 0.583. The molecule has 0 amide bonds. The number of ether oxygens (including phenoxy) is 1. The van der Waals surface area contributed by atoms with Gasteiger partial charge >= 0.3 is 0 Å². The smallest absolute Gasteiger partial charge is 0.258 e. The Labute approximate surface area is 113 Å². The first kappa shape index (κ1) is 14.4. The molecular weight excluding hydrogens is 266 g/mol. The van der Waals surface area contributed by atoms with Gasteiger partial charge in [0.2, 0.25) is 0 Å². The summed E-state index contributed by atoms with van der Waals surface area (Å²) >= 11 is 0. The monoisotopic (exact) mass is 285 g/mol. The highest BCUT2D eigenvalue weighted by atomic mass is 32.2. The number of rotatable bonds is 8. The van der Waals surface area contributed by atoms with Gasteiger partial charge in [-0.2, -0.15) is 0 Å². The van der Waals surface area contributed by atoms with Gasteiger partial charge in [-0.15, -0.1) is 0 Å². The maximum Gasteiger partial charge on any atom is 0.258 e. The van der Waals surface area contributed by atoms with Crippen LogP contribution < -0.4 is 10.0 Å². The fourth-order valence-electron chi connectivity index (χ4n) is 1.58. The van der Waals surface area contributed by atoms with Crippen molar-refractivity contribution in [3.63, 3.8) is 0 Å². The molecule has 6 nitrogen and oxygen atoms in total. The zero-order chi connectivity index (χ0) is 13.7. The Kier molecular flexibility index (Phi) is 4.87. The van der Waals surface area contributed by atoms with E-state index in [9.17, 15) is 8.42 Å². The second kappa shape index (κ2) is 6.42. The van der Waals surface area contributed by atoms with Crippen LogP contribution in [0, 0.1) is 0 Å². The molecule has 1 aliphatic rings. The minimum atomic E-state index is -3.53. The molecule has 19 heavy (non-hydrogen) atoms. The van der Waals surface area contributed by atoms with Crippen LogP contribution in [0.2, 0.25) is 0 Å². The number of aromatic nitrogens is 1. The largest absolute Gasteiger partial charge is 0.383 e. The van der Waals surface area contributed by atoms with E-state index in [2.05, 4.69) is 15.0 Å². The van der Waals surface area contributed by atoms with Gasteiger partial charge in [0.05, 0.1) is 6.61 Å². The quantitative estimate of drug-likeness (QED) is 0.670. The molecule has 1 aromatic rings. The molecule has 7 heteroatoms. The summed E-state index contributed by atoms with van der Waals surface area (Å²) in [6.07, 6.45) is 4.05. The molecule has 0 spiro atoms. The Bertz CT molecular complexity index is 497. The van der Waals surface area contributed by atoms with Crippen molar-refractivity contribution in [2.45, 2.75) is 30.5 Å². The molecule has 2 N–H and O–H groups in total. The summed E-state index contributed by atoms with van der Waals surface area (Å²) in [5.74, 6) is 0. The van der Waals surface area contributed by atoms with E-state index in [1.54, 1.807) is 12.3 Å². The first-order valence-electron chi connectivity index (χ1n) is 6.29. The molecule has 106 valence electrons. The zero-order valence-corrected chi connectivity index (χ0v) is 11.7. The molecule has 0 atom stereocenters. The molecule has 0 saturated heterocycles. The standard InChI is InChI=1S/C12H19N3O3S/c1-18-7-6-15-19(16,17)12-5-2-10(9-14-12)8-13-11-3-4-11/h2,5,9,11,13,15H,3-4,6-8H2,1H3. The van der Waals surface area contributed by atoms with E-state index < -0.39 is 10.0 Å². The first-order chi connectivity index (χ1) is 9.12. The molecular formula is C12H19N3O3S. The summed E-state index contributed by atoms with van der Waals surface area (Å²) in [4.78, 5) is 4.00. The van der Waals surface area contributed by atoms with Crippen molar-refractivity contribution in [3.8, 4) is 0 Å². The van der Waals surface area contributed by atoms with E-state index in [1.165, 1.54) is 26.0 Å². The molecule has 1 aliphatic carbocycles. The summed E-state index contributed by atoms with van der Waals surface area (Å²) in [6, 6.07) is 3.94. The Morgan fingerprint density at radius 3 is 2.79 bits per heavy atom. The Morgan fingerprint density at radius 2 is 2.21 bits per heavy atom. The van der Waals surface area contributed by atoms with Crippen LogP contribution in [0.25, 0.3) is 0 Å².